The Bertz CT molecular complexity index is 386. The van der Waals surface area contributed by atoms with Gasteiger partial charge in [0, 0.05) is 27.7 Å². The van der Waals surface area contributed by atoms with Gasteiger partial charge in [0.05, 0.1) is 0 Å². The Kier molecular flexibility index (Phi) is 2.93. The first-order valence-corrected chi connectivity index (χ1v) is 5.92. The van der Waals surface area contributed by atoms with Crippen molar-refractivity contribution in [3.63, 3.8) is 0 Å². The summed E-state index contributed by atoms with van der Waals surface area (Å²) < 4.78 is 1.05. The molecule has 72 valence electrons. The van der Waals surface area contributed by atoms with E-state index < -0.39 is 0 Å². The van der Waals surface area contributed by atoms with E-state index in [1.807, 2.05) is 24.3 Å². The summed E-state index contributed by atoms with van der Waals surface area (Å²) in [7, 11) is 0. The summed E-state index contributed by atoms with van der Waals surface area (Å²) in [5.74, 6) is 0.745. The van der Waals surface area contributed by atoms with Crippen LogP contribution in [0.25, 0.3) is 0 Å². The highest BCUT2D eigenvalue weighted by Crippen LogP contribution is 2.22. The molecule has 0 fully saturated rings. The number of anilines is 1. The summed E-state index contributed by atoms with van der Waals surface area (Å²) in [5.41, 5.74) is 1.98. The van der Waals surface area contributed by atoms with Crippen LogP contribution in [0, 0.1) is 0 Å². The number of benzene rings is 1. The average molecular weight is 270 g/mol. The highest BCUT2D eigenvalue weighted by atomic mass is 79.9. The third-order valence-electron chi connectivity index (χ3n) is 1.81. The first kappa shape index (κ1) is 9.80. The largest absolute Gasteiger partial charge is 0.358 e. The van der Waals surface area contributed by atoms with Crippen LogP contribution in [0.1, 0.15) is 0 Å². The van der Waals surface area contributed by atoms with Crippen molar-refractivity contribution in [3.05, 3.63) is 40.5 Å². The number of carbonyl (C=O) groups is 1. The quantitative estimate of drug-likeness (QED) is 0.895. The van der Waals surface area contributed by atoms with Crippen molar-refractivity contribution >= 4 is 38.5 Å². The minimum atomic E-state index is 0.129. The van der Waals surface area contributed by atoms with Crippen molar-refractivity contribution < 1.29 is 4.79 Å². The van der Waals surface area contributed by atoms with Crippen LogP contribution in [0.3, 0.4) is 0 Å². The molecule has 4 heteroatoms. The second kappa shape index (κ2) is 4.19. The lowest BCUT2D eigenvalue weighted by Gasteiger charge is -2.05. The van der Waals surface area contributed by atoms with E-state index in [9.17, 15) is 4.79 Å². The maximum Gasteiger partial charge on any atom is 0.214 e. The molecule has 1 aliphatic rings. The van der Waals surface area contributed by atoms with Crippen LogP contribution in [0.15, 0.2) is 40.5 Å². The molecule has 0 aliphatic carbocycles. The van der Waals surface area contributed by atoms with Crippen LogP contribution >= 0.6 is 27.7 Å². The van der Waals surface area contributed by atoms with Crippen LogP contribution in [-0.2, 0) is 4.79 Å². The smallest absolute Gasteiger partial charge is 0.214 e. The van der Waals surface area contributed by atoms with E-state index in [4.69, 9.17) is 0 Å². The standard InChI is InChI=1S/C10H8BrNOS/c11-7-1-3-8(4-2-7)12-9-5-10(13)14-6-9/h1-5,12H,6H2. The maximum atomic E-state index is 10.9. The molecule has 0 saturated heterocycles. The monoisotopic (exact) mass is 269 g/mol. The lowest BCUT2D eigenvalue weighted by molar-refractivity contribution is -0.106. The number of hydrogen-bond donors (Lipinski definition) is 1. The first-order valence-electron chi connectivity index (χ1n) is 4.14. The second-order valence-corrected chi connectivity index (χ2v) is 4.80. The molecule has 0 radical (unpaired) electrons. The molecule has 0 aromatic heterocycles. The molecular formula is C10H8BrNOS. The van der Waals surface area contributed by atoms with Crippen LogP contribution in [0.4, 0.5) is 5.69 Å². The number of carbonyl (C=O) groups excluding carboxylic acids is 1. The van der Waals surface area contributed by atoms with Gasteiger partial charge in [-0.25, -0.2) is 0 Å². The van der Waals surface area contributed by atoms with Gasteiger partial charge in [0.1, 0.15) is 0 Å². The van der Waals surface area contributed by atoms with Crippen LogP contribution in [-0.4, -0.2) is 10.9 Å². The molecule has 0 unspecified atom stereocenters. The summed E-state index contributed by atoms with van der Waals surface area (Å²) in [6.45, 7) is 0. The van der Waals surface area contributed by atoms with Crippen LogP contribution in [0.5, 0.6) is 0 Å². The van der Waals surface area contributed by atoms with E-state index in [0.29, 0.717) is 0 Å². The predicted octanol–water partition coefficient (Wildman–Crippen LogP) is 3.02. The zero-order valence-corrected chi connectivity index (χ0v) is 9.69. The normalized spacial score (nSPS) is 15.5. The average Bonchev–Trinajstić information content (AvgIpc) is 2.56. The highest BCUT2D eigenvalue weighted by Gasteiger charge is 2.12. The highest BCUT2D eigenvalue weighted by molar-refractivity contribution is 9.10. The SMILES string of the molecule is O=C1C=C(Nc2ccc(Br)cc2)CS1. The van der Waals surface area contributed by atoms with Gasteiger partial charge in [-0.05, 0) is 24.3 Å². The topological polar surface area (TPSA) is 29.1 Å². The van der Waals surface area contributed by atoms with Gasteiger partial charge in [-0.3, -0.25) is 4.79 Å². The lowest BCUT2D eigenvalue weighted by Crippen LogP contribution is -1.98. The molecule has 14 heavy (non-hydrogen) atoms. The van der Waals surface area contributed by atoms with Gasteiger partial charge in [-0.1, -0.05) is 27.7 Å². The van der Waals surface area contributed by atoms with E-state index in [1.54, 1.807) is 6.08 Å². The number of nitrogens with one attached hydrogen (secondary N) is 1. The van der Waals surface area contributed by atoms with Gasteiger partial charge in [0.15, 0.2) is 0 Å². The molecule has 1 aliphatic heterocycles. The number of halogens is 1. The molecule has 0 atom stereocenters. The van der Waals surface area contributed by atoms with Gasteiger partial charge in [-0.2, -0.15) is 0 Å². The summed E-state index contributed by atoms with van der Waals surface area (Å²) in [5, 5.41) is 3.33. The van der Waals surface area contributed by atoms with Crippen molar-refractivity contribution in [2.45, 2.75) is 0 Å². The molecule has 1 N–H and O–H groups in total. The molecule has 2 nitrogen and oxygen atoms in total. The molecular weight excluding hydrogens is 262 g/mol. The van der Waals surface area contributed by atoms with Crippen molar-refractivity contribution in [1.29, 1.82) is 0 Å². The third-order valence-corrected chi connectivity index (χ3v) is 3.20. The number of hydrogen-bond acceptors (Lipinski definition) is 3. The fourth-order valence-corrected chi connectivity index (χ4v) is 2.11. The Morgan fingerprint density at radius 2 is 2.00 bits per heavy atom. The van der Waals surface area contributed by atoms with Gasteiger partial charge in [-0.15, -0.1) is 0 Å². The minimum Gasteiger partial charge on any atom is -0.358 e. The Morgan fingerprint density at radius 3 is 2.57 bits per heavy atom. The predicted molar refractivity (Wildman–Crippen MR) is 63.3 cm³/mol. The molecule has 1 aromatic carbocycles. The van der Waals surface area contributed by atoms with Crippen molar-refractivity contribution in [2.75, 3.05) is 11.1 Å². The summed E-state index contributed by atoms with van der Waals surface area (Å²) in [6, 6.07) is 7.87. The van der Waals surface area contributed by atoms with E-state index >= 15 is 0 Å². The van der Waals surface area contributed by atoms with Crippen LogP contribution < -0.4 is 5.32 Å². The fourth-order valence-electron chi connectivity index (χ4n) is 1.17. The summed E-state index contributed by atoms with van der Waals surface area (Å²) in [4.78, 5) is 10.9. The molecule has 0 bridgehead atoms. The minimum absolute atomic E-state index is 0.129. The second-order valence-electron chi connectivity index (χ2n) is 2.91. The number of rotatable bonds is 2. The van der Waals surface area contributed by atoms with E-state index in [1.165, 1.54) is 11.8 Å². The molecule has 1 heterocycles. The zero-order valence-electron chi connectivity index (χ0n) is 7.29. The Labute approximate surface area is 94.9 Å². The summed E-state index contributed by atoms with van der Waals surface area (Å²) in [6.07, 6.45) is 1.65. The van der Waals surface area contributed by atoms with Crippen LogP contribution in [0.2, 0.25) is 0 Å². The molecule has 0 amide bonds. The maximum absolute atomic E-state index is 10.9. The molecule has 1 aromatic rings. The first-order chi connectivity index (χ1) is 6.74. The van der Waals surface area contributed by atoms with Crippen molar-refractivity contribution in [3.8, 4) is 0 Å². The Hall–Kier alpha value is -0.740. The van der Waals surface area contributed by atoms with Gasteiger partial charge < -0.3 is 5.32 Å². The Balaban J connectivity index is 2.08. The third kappa shape index (κ3) is 2.39. The molecule has 2 rings (SSSR count). The van der Waals surface area contributed by atoms with Gasteiger partial charge in [0.25, 0.3) is 0 Å². The molecule has 0 saturated carbocycles. The number of thioether (sulfide) groups is 1. The van der Waals surface area contributed by atoms with Crippen molar-refractivity contribution in [1.82, 2.24) is 0 Å². The van der Waals surface area contributed by atoms with E-state index in [2.05, 4.69) is 21.2 Å². The zero-order chi connectivity index (χ0) is 9.97. The van der Waals surface area contributed by atoms with E-state index in [0.717, 1.165) is 21.6 Å². The fraction of sp³-hybridized carbons (Fsp3) is 0.100. The van der Waals surface area contributed by atoms with Gasteiger partial charge in [0.2, 0.25) is 5.12 Å². The van der Waals surface area contributed by atoms with Gasteiger partial charge >= 0.3 is 0 Å². The molecule has 0 spiro atoms. The van der Waals surface area contributed by atoms with Crippen molar-refractivity contribution in [2.24, 2.45) is 0 Å². The Morgan fingerprint density at radius 1 is 1.29 bits per heavy atom. The van der Waals surface area contributed by atoms with E-state index in [-0.39, 0.29) is 5.12 Å². The summed E-state index contributed by atoms with van der Waals surface area (Å²) >= 11 is 4.69. The lowest BCUT2D eigenvalue weighted by atomic mass is 10.3.